The number of rotatable bonds is 7. The molecule has 0 bridgehead atoms. The highest BCUT2D eigenvalue weighted by molar-refractivity contribution is 6.04. The molecule has 0 aliphatic carbocycles. The minimum atomic E-state index is -0.158. The van der Waals surface area contributed by atoms with E-state index >= 15 is 0 Å². The third-order valence-electron chi connectivity index (χ3n) is 4.27. The molecule has 1 aromatic carbocycles. The molecule has 0 aromatic heterocycles. The molecule has 1 fully saturated rings. The lowest BCUT2D eigenvalue weighted by molar-refractivity contribution is -0.116. The molecule has 0 atom stereocenters. The summed E-state index contributed by atoms with van der Waals surface area (Å²) >= 11 is 0. The Labute approximate surface area is 148 Å². The SMILES string of the molecule is CNCCC(=O)Nc1cc(OC)c(OC)cc1C(=O)N1CCCCC1. The monoisotopic (exact) mass is 349 g/mol. The van der Waals surface area contributed by atoms with Gasteiger partial charge in [0.25, 0.3) is 5.91 Å². The zero-order valence-corrected chi connectivity index (χ0v) is 15.2. The number of piperidine rings is 1. The third-order valence-corrected chi connectivity index (χ3v) is 4.27. The van der Waals surface area contributed by atoms with Crippen LogP contribution >= 0.6 is 0 Å². The predicted molar refractivity (Wildman–Crippen MR) is 96.5 cm³/mol. The number of benzene rings is 1. The first-order chi connectivity index (χ1) is 12.1. The molecule has 2 rings (SSSR count). The molecule has 1 heterocycles. The zero-order valence-electron chi connectivity index (χ0n) is 15.2. The minimum absolute atomic E-state index is 0.0930. The second-order valence-electron chi connectivity index (χ2n) is 6.01. The summed E-state index contributed by atoms with van der Waals surface area (Å²) in [6, 6.07) is 3.29. The lowest BCUT2D eigenvalue weighted by Crippen LogP contribution is -2.36. The van der Waals surface area contributed by atoms with Crippen molar-refractivity contribution in [3.63, 3.8) is 0 Å². The second kappa shape index (κ2) is 9.27. The van der Waals surface area contributed by atoms with Gasteiger partial charge in [0, 0.05) is 32.1 Å². The van der Waals surface area contributed by atoms with E-state index in [9.17, 15) is 9.59 Å². The maximum atomic E-state index is 12.9. The number of anilines is 1. The number of carbonyl (C=O) groups is 2. The summed E-state index contributed by atoms with van der Waals surface area (Å²) in [4.78, 5) is 26.9. The summed E-state index contributed by atoms with van der Waals surface area (Å²) in [7, 11) is 4.84. The standard InChI is InChI=1S/C18H27N3O4/c1-19-8-7-17(22)20-14-12-16(25-3)15(24-2)11-13(14)18(23)21-9-5-4-6-10-21/h11-12,19H,4-10H2,1-3H3,(H,20,22). The summed E-state index contributed by atoms with van der Waals surface area (Å²) in [5, 5.41) is 5.76. The Morgan fingerprint density at radius 2 is 1.72 bits per heavy atom. The molecule has 138 valence electrons. The number of ether oxygens (including phenoxy) is 2. The van der Waals surface area contributed by atoms with E-state index in [1.165, 1.54) is 14.2 Å². The molecule has 7 nitrogen and oxygen atoms in total. The molecule has 2 amide bonds. The second-order valence-corrected chi connectivity index (χ2v) is 6.01. The van der Waals surface area contributed by atoms with Gasteiger partial charge in [-0.15, -0.1) is 0 Å². The van der Waals surface area contributed by atoms with Crippen LogP contribution in [0.2, 0.25) is 0 Å². The van der Waals surface area contributed by atoms with Crippen molar-refractivity contribution in [1.29, 1.82) is 0 Å². The first-order valence-electron chi connectivity index (χ1n) is 8.60. The van der Waals surface area contributed by atoms with Crippen LogP contribution in [-0.4, -0.2) is 57.6 Å². The van der Waals surface area contributed by atoms with Crippen molar-refractivity contribution in [2.45, 2.75) is 25.7 Å². The predicted octanol–water partition coefficient (Wildman–Crippen LogP) is 1.88. The first kappa shape index (κ1) is 19.1. The van der Waals surface area contributed by atoms with Crippen LogP contribution in [0.1, 0.15) is 36.0 Å². The Hall–Kier alpha value is -2.28. The van der Waals surface area contributed by atoms with Crippen molar-refractivity contribution < 1.29 is 19.1 Å². The van der Waals surface area contributed by atoms with E-state index in [0.717, 1.165) is 32.4 Å². The Balaban J connectivity index is 2.33. The lowest BCUT2D eigenvalue weighted by Gasteiger charge is -2.28. The molecule has 7 heteroatoms. The van der Waals surface area contributed by atoms with E-state index < -0.39 is 0 Å². The van der Waals surface area contributed by atoms with Gasteiger partial charge in [0.1, 0.15) is 0 Å². The van der Waals surface area contributed by atoms with Gasteiger partial charge < -0.3 is 25.0 Å². The van der Waals surface area contributed by atoms with E-state index in [1.54, 1.807) is 19.2 Å². The van der Waals surface area contributed by atoms with Gasteiger partial charge in [0.2, 0.25) is 5.91 Å². The Morgan fingerprint density at radius 3 is 2.32 bits per heavy atom. The van der Waals surface area contributed by atoms with E-state index in [-0.39, 0.29) is 11.8 Å². The smallest absolute Gasteiger partial charge is 0.256 e. The number of carbonyl (C=O) groups excluding carboxylic acids is 2. The van der Waals surface area contributed by atoms with Crippen molar-refractivity contribution >= 4 is 17.5 Å². The fraction of sp³-hybridized carbons (Fsp3) is 0.556. The third kappa shape index (κ3) is 4.85. The van der Waals surface area contributed by atoms with Crippen LogP contribution in [0.25, 0.3) is 0 Å². The van der Waals surface area contributed by atoms with Crippen molar-refractivity contribution in [3.8, 4) is 11.5 Å². The summed E-state index contributed by atoms with van der Waals surface area (Å²) in [6.45, 7) is 2.04. The van der Waals surface area contributed by atoms with Crippen molar-refractivity contribution in [2.24, 2.45) is 0 Å². The molecule has 2 N–H and O–H groups in total. The fourth-order valence-corrected chi connectivity index (χ4v) is 2.88. The fourth-order valence-electron chi connectivity index (χ4n) is 2.88. The first-order valence-corrected chi connectivity index (χ1v) is 8.60. The van der Waals surface area contributed by atoms with Gasteiger partial charge in [-0.25, -0.2) is 0 Å². The van der Waals surface area contributed by atoms with E-state index in [0.29, 0.717) is 35.7 Å². The molecule has 0 saturated carbocycles. The van der Waals surface area contributed by atoms with Crippen LogP contribution in [0, 0.1) is 0 Å². The molecule has 1 aromatic rings. The van der Waals surface area contributed by atoms with Gasteiger partial charge >= 0.3 is 0 Å². The molecule has 1 aliphatic heterocycles. The number of amides is 2. The van der Waals surface area contributed by atoms with Crippen LogP contribution in [0.3, 0.4) is 0 Å². The molecule has 0 unspecified atom stereocenters. The topological polar surface area (TPSA) is 79.9 Å². The molecule has 0 spiro atoms. The maximum absolute atomic E-state index is 12.9. The highest BCUT2D eigenvalue weighted by atomic mass is 16.5. The van der Waals surface area contributed by atoms with Crippen molar-refractivity contribution in [3.05, 3.63) is 17.7 Å². The van der Waals surface area contributed by atoms with Crippen LogP contribution in [0.15, 0.2) is 12.1 Å². The summed E-state index contributed by atoms with van der Waals surface area (Å²) in [5.74, 6) is 0.691. The van der Waals surface area contributed by atoms with Crippen LogP contribution in [0.5, 0.6) is 11.5 Å². The molecular weight excluding hydrogens is 322 g/mol. The number of hydrogen-bond donors (Lipinski definition) is 2. The Kier molecular flexibility index (Phi) is 7.06. The zero-order chi connectivity index (χ0) is 18.2. The summed E-state index contributed by atoms with van der Waals surface area (Å²) in [5.41, 5.74) is 0.881. The Morgan fingerprint density at radius 1 is 1.08 bits per heavy atom. The number of nitrogens with zero attached hydrogens (tertiary/aromatic N) is 1. The number of hydrogen-bond acceptors (Lipinski definition) is 5. The van der Waals surface area contributed by atoms with Crippen molar-refractivity contribution in [2.75, 3.05) is 46.2 Å². The largest absolute Gasteiger partial charge is 0.493 e. The van der Waals surface area contributed by atoms with Crippen LogP contribution in [-0.2, 0) is 4.79 Å². The highest BCUT2D eigenvalue weighted by Crippen LogP contribution is 2.34. The van der Waals surface area contributed by atoms with E-state index in [1.807, 2.05) is 4.90 Å². The summed E-state index contributed by atoms with van der Waals surface area (Å²) < 4.78 is 10.6. The maximum Gasteiger partial charge on any atom is 0.256 e. The van der Waals surface area contributed by atoms with E-state index in [2.05, 4.69) is 10.6 Å². The van der Waals surface area contributed by atoms with Crippen LogP contribution in [0.4, 0.5) is 5.69 Å². The average molecular weight is 349 g/mol. The molecule has 25 heavy (non-hydrogen) atoms. The van der Waals surface area contributed by atoms with Gasteiger partial charge in [-0.1, -0.05) is 0 Å². The normalized spacial score (nSPS) is 14.1. The van der Waals surface area contributed by atoms with Gasteiger partial charge in [-0.3, -0.25) is 9.59 Å². The van der Waals surface area contributed by atoms with Gasteiger partial charge in [-0.2, -0.15) is 0 Å². The molecule has 0 radical (unpaired) electrons. The number of nitrogens with one attached hydrogen (secondary N) is 2. The number of likely N-dealkylation sites (tertiary alicyclic amines) is 1. The van der Waals surface area contributed by atoms with Gasteiger partial charge in [0.15, 0.2) is 11.5 Å². The van der Waals surface area contributed by atoms with Gasteiger partial charge in [-0.05, 0) is 32.4 Å². The lowest BCUT2D eigenvalue weighted by atomic mass is 10.1. The minimum Gasteiger partial charge on any atom is -0.493 e. The van der Waals surface area contributed by atoms with Crippen LogP contribution < -0.4 is 20.1 Å². The number of methoxy groups -OCH3 is 2. The molecule has 1 aliphatic rings. The Bertz CT molecular complexity index is 613. The quantitative estimate of drug-likeness (QED) is 0.786. The summed E-state index contributed by atoms with van der Waals surface area (Å²) in [6.07, 6.45) is 3.47. The van der Waals surface area contributed by atoms with E-state index in [4.69, 9.17) is 9.47 Å². The van der Waals surface area contributed by atoms with Crippen molar-refractivity contribution in [1.82, 2.24) is 10.2 Å². The molecule has 1 saturated heterocycles. The van der Waals surface area contributed by atoms with Gasteiger partial charge in [0.05, 0.1) is 25.5 Å². The average Bonchev–Trinajstić information content (AvgIpc) is 2.66. The molecular formula is C18H27N3O4. The highest BCUT2D eigenvalue weighted by Gasteiger charge is 2.24.